The number of rotatable bonds is 5. The molecule has 1 aromatic rings. The molecule has 4 nitrogen and oxygen atoms in total. The molecule has 0 amide bonds. The summed E-state index contributed by atoms with van der Waals surface area (Å²) in [5.74, 6) is -1.01. The molecule has 1 unspecified atom stereocenters. The van der Waals surface area contributed by atoms with Gasteiger partial charge in [0.05, 0.1) is 7.11 Å². The van der Waals surface area contributed by atoms with Gasteiger partial charge in [-0.25, -0.2) is 9.18 Å². The fourth-order valence-electron chi connectivity index (χ4n) is 1.52. The Morgan fingerprint density at radius 3 is 2.59 bits per heavy atom. The van der Waals surface area contributed by atoms with Crippen LogP contribution in [0, 0.1) is 12.7 Å². The van der Waals surface area contributed by atoms with E-state index in [0.717, 1.165) is 0 Å². The van der Waals surface area contributed by atoms with Crippen molar-refractivity contribution in [3.63, 3.8) is 0 Å². The summed E-state index contributed by atoms with van der Waals surface area (Å²) in [6.07, 6.45) is -0.947. The van der Waals surface area contributed by atoms with Gasteiger partial charge in [0, 0.05) is 19.1 Å². The second-order valence-corrected chi connectivity index (χ2v) is 3.68. The zero-order chi connectivity index (χ0) is 13.0. The summed E-state index contributed by atoms with van der Waals surface area (Å²) >= 11 is 0. The van der Waals surface area contributed by atoms with E-state index in [9.17, 15) is 9.18 Å². The number of halogens is 1. The Kier molecular flexibility index (Phi) is 4.45. The third-order valence-corrected chi connectivity index (χ3v) is 2.53. The first-order valence-electron chi connectivity index (χ1n) is 5.08. The summed E-state index contributed by atoms with van der Waals surface area (Å²) in [7, 11) is 2.76. The van der Waals surface area contributed by atoms with Gasteiger partial charge in [0.1, 0.15) is 11.6 Å². The average molecular weight is 242 g/mol. The van der Waals surface area contributed by atoms with Gasteiger partial charge in [0.2, 0.25) is 0 Å². The van der Waals surface area contributed by atoms with Crippen molar-refractivity contribution in [1.82, 2.24) is 0 Å². The van der Waals surface area contributed by atoms with Crippen molar-refractivity contribution in [3.05, 3.63) is 29.1 Å². The number of carboxylic acids is 1. The maximum absolute atomic E-state index is 13.4. The highest BCUT2D eigenvalue weighted by molar-refractivity contribution is 5.73. The van der Waals surface area contributed by atoms with Crippen molar-refractivity contribution in [2.24, 2.45) is 0 Å². The van der Waals surface area contributed by atoms with Gasteiger partial charge in [-0.3, -0.25) is 0 Å². The first-order chi connectivity index (χ1) is 7.99. The van der Waals surface area contributed by atoms with Gasteiger partial charge in [0.25, 0.3) is 0 Å². The highest BCUT2D eigenvalue weighted by atomic mass is 19.1. The van der Waals surface area contributed by atoms with Gasteiger partial charge < -0.3 is 14.6 Å². The SMILES string of the molecule is COc1cc(C)c(F)cc1CC(OC)C(=O)O. The van der Waals surface area contributed by atoms with Crippen LogP contribution in [0.2, 0.25) is 0 Å². The highest BCUT2D eigenvalue weighted by Crippen LogP contribution is 2.24. The Morgan fingerprint density at radius 1 is 1.47 bits per heavy atom. The van der Waals surface area contributed by atoms with Crippen LogP contribution in [-0.2, 0) is 16.0 Å². The van der Waals surface area contributed by atoms with Gasteiger partial charge in [0.15, 0.2) is 6.10 Å². The maximum atomic E-state index is 13.4. The van der Waals surface area contributed by atoms with Crippen molar-refractivity contribution in [2.45, 2.75) is 19.4 Å². The molecule has 1 aromatic carbocycles. The molecule has 17 heavy (non-hydrogen) atoms. The van der Waals surface area contributed by atoms with E-state index in [1.54, 1.807) is 13.0 Å². The topological polar surface area (TPSA) is 55.8 Å². The largest absolute Gasteiger partial charge is 0.496 e. The number of aliphatic carboxylic acids is 1. The van der Waals surface area contributed by atoms with Crippen LogP contribution in [0.4, 0.5) is 4.39 Å². The lowest BCUT2D eigenvalue weighted by molar-refractivity contribution is -0.148. The van der Waals surface area contributed by atoms with E-state index < -0.39 is 12.1 Å². The fraction of sp³-hybridized carbons (Fsp3) is 0.417. The van der Waals surface area contributed by atoms with E-state index in [4.69, 9.17) is 14.6 Å². The third-order valence-electron chi connectivity index (χ3n) is 2.53. The van der Waals surface area contributed by atoms with E-state index in [-0.39, 0.29) is 12.2 Å². The van der Waals surface area contributed by atoms with Crippen molar-refractivity contribution in [2.75, 3.05) is 14.2 Å². The number of methoxy groups -OCH3 is 2. The van der Waals surface area contributed by atoms with Crippen LogP contribution < -0.4 is 4.74 Å². The fourth-order valence-corrected chi connectivity index (χ4v) is 1.52. The smallest absolute Gasteiger partial charge is 0.333 e. The normalized spacial score (nSPS) is 12.2. The Balaban J connectivity index is 3.04. The first kappa shape index (κ1) is 13.4. The maximum Gasteiger partial charge on any atom is 0.333 e. The minimum Gasteiger partial charge on any atom is -0.496 e. The lowest BCUT2D eigenvalue weighted by Gasteiger charge is -2.14. The predicted octanol–water partition coefficient (Wildman–Crippen LogP) is 1.78. The molecular formula is C12H15FO4. The highest BCUT2D eigenvalue weighted by Gasteiger charge is 2.20. The number of benzene rings is 1. The van der Waals surface area contributed by atoms with Gasteiger partial charge in [-0.05, 0) is 24.6 Å². The van der Waals surface area contributed by atoms with Crippen LogP contribution in [-0.4, -0.2) is 31.4 Å². The van der Waals surface area contributed by atoms with Crippen LogP contribution in [0.1, 0.15) is 11.1 Å². The summed E-state index contributed by atoms with van der Waals surface area (Å²) in [5, 5.41) is 8.86. The van der Waals surface area contributed by atoms with Gasteiger partial charge >= 0.3 is 5.97 Å². The molecule has 0 aliphatic carbocycles. The lowest BCUT2D eigenvalue weighted by atomic mass is 10.0. The number of ether oxygens (including phenoxy) is 2. The van der Waals surface area contributed by atoms with Crippen LogP contribution in [0.15, 0.2) is 12.1 Å². The number of carbonyl (C=O) groups is 1. The van der Waals surface area contributed by atoms with E-state index in [2.05, 4.69) is 0 Å². The molecule has 0 fully saturated rings. The monoisotopic (exact) mass is 242 g/mol. The Hall–Kier alpha value is -1.62. The summed E-state index contributed by atoms with van der Waals surface area (Å²) in [6, 6.07) is 2.82. The molecule has 0 spiro atoms. The molecule has 1 N–H and O–H groups in total. The first-order valence-corrected chi connectivity index (χ1v) is 5.08. The van der Waals surface area contributed by atoms with Crippen LogP contribution >= 0.6 is 0 Å². The molecule has 1 atom stereocenters. The second-order valence-electron chi connectivity index (χ2n) is 3.68. The quantitative estimate of drug-likeness (QED) is 0.855. The third kappa shape index (κ3) is 3.17. The molecule has 0 radical (unpaired) electrons. The molecule has 0 saturated carbocycles. The lowest BCUT2D eigenvalue weighted by Crippen LogP contribution is -2.25. The standard InChI is InChI=1S/C12H15FO4/c1-7-4-10(16-2)8(5-9(7)13)6-11(17-3)12(14)15/h4-5,11H,6H2,1-3H3,(H,14,15). The minimum absolute atomic E-state index is 0.0617. The van der Waals surface area contributed by atoms with E-state index >= 15 is 0 Å². The Bertz CT molecular complexity index is 417. The van der Waals surface area contributed by atoms with E-state index in [0.29, 0.717) is 16.9 Å². The summed E-state index contributed by atoms with van der Waals surface area (Å²) in [5.41, 5.74) is 0.930. The van der Waals surface area contributed by atoms with Crippen LogP contribution in [0.5, 0.6) is 5.75 Å². The molecule has 0 aromatic heterocycles. The minimum atomic E-state index is -1.09. The van der Waals surface area contributed by atoms with Crippen LogP contribution in [0.25, 0.3) is 0 Å². The molecule has 5 heteroatoms. The van der Waals surface area contributed by atoms with Crippen molar-refractivity contribution in [3.8, 4) is 5.75 Å². The summed E-state index contributed by atoms with van der Waals surface area (Å²) < 4.78 is 23.3. The molecule has 94 valence electrons. The van der Waals surface area contributed by atoms with Gasteiger partial charge in [-0.1, -0.05) is 0 Å². The predicted molar refractivity (Wildman–Crippen MR) is 59.8 cm³/mol. The zero-order valence-corrected chi connectivity index (χ0v) is 9.99. The summed E-state index contributed by atoms with van der Waals surface area (Å²) in [4.78, 5) is 10.8. The summed E-state index contributed by atoms with van der Waals surface area (Å²) in [6.45, 7) is 1.62. The van der Waals surface area contributed by atoms with E-state index in [1.165, 1.54) is 20.3 Å². The van der Waals surface area contributed by atoms with Gasteiger partial charge in [-0.15, -0.1) is 0 Å². The molecule has 0 saturated heterocycles. The number of hydrogen-bond acceptors (Lipinski definition) is 3. The zero-order valence-electron chi connectivity index (χ0n) is 9.99. The average Bonchev–Trinajstić information content (AvgIpc) is 2.29. The van der Waals surface area contributed by atoms with Crippen molar-refractivity contribution < 1.29 is 23.8 Å². The number of hydrogen-bond donors (Lipinski definition) is 1. The molecule has 0 bridgehead atoms. The Morgan fingerprint density at radius 2 is 2.12 bits per heavy atom. The second kappa shape index (κ2) is 5.63. The molecule has 0 heterocycles. The molecule has 0 aliphatic heterocycles. The molecule has 1 rings (SSSR count). The molecular weight excluding hydrogens is 227 g/mol. The number of carboxylic acid groups (broad SMARTS) is 1. The van der Waals surface area contributed by atoms with Gasteiger partial charge in [-0.2, -0.15) is 0 Å². The Labute approximate surface area is 99.0 Å². The molecule has 0 aliphatic rings. The van der Waals surface area contributed by atoms with Crippen molar-refractivity contribution in [1.29, 1.82) is 0 Å². The van der Waals surface area contributed by atoms with Crippen molar-refractivity contribution >= 4 is 5.97 Å². The number of aryl methyl sites for hydroxylation is 1. The van der Waals surface area contributed by atoms with Crippen LogP contribution in [0.3, 0.4) is 0 Å². The van der Waals surface area contributed by atoms with E-state index in [1.807, 2.05) is 0 Å².